The zero-order chi connectivity index (χ0) is 10.8. The third kappa shape index (κ3) is 2.44. The summed E-state index contributed by atoms with van der Waals surface area (Å²) >= 11 is 0. The van der Waals surface area contributed by atoms with Crippen LogP contribution in [0, 0.1) is 0 Å². The molecule has 0 saturated carbocycles. The highest BCUT2D eigenvalue weighted by atomic mass is 32.2. The molecule has 0 aromatic rings. The molecule has 6 heteroatoms. The Morgan fingerprint density at radius 3 is 2.71 bits per heavy atom. The first-order valence-corrected chi connectivity index (χ1v) is 6.33. The molecule has 1 saturated heterocycles. The van der Waals surface area contributed by atoms with Gasteiger partial charge in [0.1, 0.15) is 0 Å². The normalized spacial score (nSPS) is 25.6. The third-order valence-corrected chi connectivity index (χ3v) is 4.53. The van der Waals surface area contributed by atoms with Crippen molar-refractivity contribution < 1.29 is 8.42 Å². The molecule has 0 aromatic heterocycles. The van der Waals surface area contributed by atoms with Crippen molar-refractivity contribution in [3.63, 3.8) is 0 Å². The molecule has 0 bridgehead atoms. The van der Waals surface area contributed by atoms with E-state index in [0.717, 1.165) is 6.54 Å². The van der Waals surface area contributed by atoms with Crippen molar-refractivity contribution in [3.8, 4) is 0 Å². The van der Waals surface area contributed by atoms with E-state index in [1.54, 1.807) is 7.05 Å². The topological polar surface area (TPSA) is 52.7 Å². The van der Waals surface area contributed by atoms with Gasteiger partial charge < -0.3 is 5.32 Å². The lowest BCUT2D eigenvalue weighted by atomic mass is 10.3. The molecule has 0 unspecified atom stereocenters. The predicted molar refractivity (Wildman–Crippen MR) is 56.3 cm³/mol. The van der Waals surface area contributed by atoms with Gasteiger partial charge in [0.05, 0.1) is 0 Å². The van der Waals surface area contributed by atoms with Crippen LogP contribution < -0.4 is 5.32 Å². The maximum absolute atomic E-state index is 11.9. The molecule has 0 spiro atoms. The van der Waals surface area contributed by atoms with Crippen molar-refractivity contribution in [2.45, 2.75) is 19.9 Å². The van der Waals surface area contributed by atoms with E-state index < -0.39 is 10.2 Å². The number of hydrogen-bond acceptors (Lipinski definition) is 3. The van der Waals surface area contributed by atoms with Gasteiger partial charge in [0, 0.05) is 39.3 Å². The van der Waals surface area contributed by atoms with Gasteiger partial charge in [-0.2, -0.15) is 17.0 Å². The molecule has 0 aromatic carbocycles. The number of nitrogens with one attached hydrogen (secondary N) is 1. The standard InChI is InChI=1S/C8H19N3O2S/c1-4-10(3)14(12,13)11-6-5-9-8(2)7-11/h8-9H,4-7H2,1-3H3/t8-/m1/s1. The van der Waals surface area contributed by atoms with Crippen molar-refractivity contribution in [1.82, 2.24) is 13.9 Å². The minimum atomic E-state index is -3.22. The van der Waals surface area contributed by atoms with Gasteiger partial charge in [-0.1, -0.05) is 6.92 Å². The summed E-state index contributed by atoms with van der Waals surface area (Å²) < 4.78 is 26.7. The van der Waals surface area contributed by atoms with Crippen molar-refractivity contribution in [2.75, 3.05) is 33.2 Å². The van der Waals surface area contributed by atoms with Gasteiger partial charge in [-0.05, 0) is 6.92 Å². The molecular formula is C8H19N3O2S. The Hall–Kier alpha value is -0.170. The van der Waals surface area contributed by atoms with E-state index in [4.69, 9.17) is 0 Å². The lowest BCUT2D eigenvalue weighted by molar-refractivity contribution is 0.290. The molecule has 5 nitrogen and oxygen atoms in total. The van der Waals surface area contributed by atoms with Crippen molar-refractivity contribution in [3.05, 3.63) is 0 Å². The van der Waals surface area contributed by atoms with Crippen LogP contribution in [0.5, 0.6) is 0 Å². The average molecular weight is 221 g/mol. The zero-order valence-corrected chi connectivity index (χ0v) is 9.84. The van der Waals surface area contributed by atoms with E-state index in [0.29, 0.717) is 19.6 Å². The van der Waals surface area contributed by atoms with E-state index in [1.807, 2.05) is 13.8 Å². The fourth-order valence-electron chi connectivity index (χ4n) is 1.47. The van der Waals surface area contributed by atoms with Crippen LogP contribution >= 0.6 is 0 Å². The summed E-state index contributed by atoms with van der Waals surface area (Å²) in [7, 11) is -1.61. The van der Waals surface area contributed by atoms with Gasteiger partial charge in [0.15, 0.2) is 0 Å². The molecule has 1 aliphatic heterocycles. The number of rotatable bonds is 3. The molecule has 1 fully saturated rings. The fourth-order valence-corrected chi connectivity index (χ4v) is 2.92. The van der Waals surface area contributed by atoms with E-state index in [-0.39, 0.29) is 6.04 Å². The number of piperazine rings is 1. The van der Waals surface area contributed by atoms with E-state index in [9.17, 15) is 8.42 Å². The second kappa shape index (κ2) is 4.57. The molecule has 1 rings (SSSR count). The van der Waals surface area contributed by atoms with Crippen LogP contribution in [0.3, 0.4) is 0 Å². The van der Waals surface area contributed by atoms with Crippen LogP contribution in [0.4, 0.5) is 0 Å². The lowest BCUT2D eigenvalue weighted by Crippen LogP contribution is -2.54. The first-order chi connectivity index (χ1) is 6.48. The van der Waals surface area contributed by atoms with Gasteiger partial charge in [-0.15, -0.1) is 0 Å². The van der Waals surface area contributed by atoms with Gasteiger partial charge in [0.2, 0.25) is 0 Å². The molecule has 84 valence electrons. The van der Waals surface area contributed by atoms with Crippen LogP contribution in [0.15, 0.2) is 0 Å². The summed E-state index contributed by atoms with van der Waals surface area (Å²) in [5.41, 5.74) is 0. The molecule has 1 N–H and O–H groups in total. The van der Waals surface area contributed by atoms with Gasteiger partial charge in [-0.3, -0.25) is 0 Å². The second-order valence-electron chi connectivity index (χ2n) is 3.64. The smallest absolute Gasteiger partial charge is 0.281 e. The molecule has 14 heavy (non-hydrogen) atoms. The summed E-state index contributed by atoms with van der Waals surface area (Å²) in [4.78, 5) is 0. The fraction of sp³-hybridized carbons (Fsp3) is 1.00. The quantitative estimate of drug-likeness (QED) is 0.697. The summed E-state index contributed by atoms with van der Waals surface area (Å²) in [6.45, 7) is 6.21. The maximum atomic E-state index is 11.9. The van der Waals surface area contributed by atoms with Crippen molar-refractivity contribution in [1.29, 1.82) is 0 Å². The van der Waals surface area contributed by atoms with Crippen LogP contribution in [-0.2, 0) is 10.2 Å². The highest BCUT2D eigenvalue weighted by Crippen LogP contribution is 2.09. The largest absolute Gasteiger partial charge is 0.312 e. The summed E-state index contributed by atoms with van der Waals surface area (Å²) in [5, 5.41) is 3.22. The highest BCUT2D eigenvalue weighted by molar-refractivity contribution is 7.86. The number of hydrogen-bond donors (Lipinski definition) is 1. The van der Waals surface area contributed by atoms with Gasteiger partial charge in [0.25, 0.3) is 10.2 Å². The minimum Gasteiger partial charge on any atom is -0.312 e. The van der Waals surface area contributed by atoms with Crippen LogP contribution in [0.1, 0.15) is 13.8 Å². The molecule has 1 aliphatic rings. The summed E-state index contributed by atoms with van der Waals surface area (Å²) in [6, 6.07) is 0.240. The van der Waals surface area contributed by atoms with Crippen LogP contribution in [-0.4, -0.2) is 56.3 Å². The Morgan fingerprint density at radius 1 is 1.57 bits per heavy atom. The molecule has 1 atom stereocenters. The second-order valence-corrected chi connectivity index (χ2v) is 5.67. The summed E-state index contributed by atoms with van der Waals surface area (Å²) in [6.07, 6.45) is 0. The lowest BCUT2D eigenvalue weighted by Gasteiger charge is -2.33. The summed E-state index contributed by atoms with van der Waals surface area (Å²) in [5.74, 6) is 0. The Morgan fingerprint density at radius 2 is 2.21 bits per heavy atom. The zero-order valence-electron chi connectivity index (χ0n) is 9.02. The Bertz CT molecular complexity index is 278. The Balaban J connectivity index is 2.72. The maximum Gasteiger partial charge on any atom is 0.281 e. The third-order valence-electron chi connectivity index (χ3n) is 2.50. The first kappa shape index (κ1) is 11.9. The van der Waals surface area contributed by atoms with Crippen LogP contribution in [0.25, 0.3) is 0 Å². The molecular weight excluding hydrogens is 202 g/mol. The average Bonchev–Trinajstić information content (AvgIpc) is 2.16. The van der Waals surface area contributed by atoms with Crippen LogP contribution in [0.2, 0.25) is 0 Å². The molecule has 1 heterocycles. The van der Waals surface area contributed by atoms with Gasteiger partial charge >= 0.3 is 0 Å². The SMILES string of the molecule is CCN(C)S(=O)(=O)N1CCN[C@H](C)C1. The Labute approximate surface area is 86.3 Å². The monoisotopic (exact) mass is 221 g/mol. The molecule has 0 amide bonds. The van der Waals surface area contributed by atoms with E-state index >= 15 is 0 Å². The van der Waals surface area contributed by atoms with E-state index in [1.165, 1.54) is 8.61 Å². The predicted octanol–water partition coefficient (Wildman–Crippen LogP) is -0.523. The van der Waals surface area contributed by atoms with Gasteiger partial charge in [-0.25, -0.2) is 0 Å². The highest BCUT2D eigenvalue weighted by Gasteiger charge is 2.29. The number of nitrogens with zero attached hydrogens (tertiary/aromatic N) is 2. The molecule has 0 aliphatic carbocycles. The molecule has 0 radical (unpaired) electrons. The van der Waals surface area contributed by atoms with Crippen molar-refractivity contribution >= 4 is 10.2 Å². The first-order valence-electron chi connectivity index (χ1n) is 4.93. The Kier molecular flexibility index (Phi) is 3.88. The minimum absolute atomic E-state index is 0.240. The van der Waals surface area contributed by atoms with E-state index in [2.05, 4.69) is 5.32 Å². The van der Waals surface area contributed by atoms with Crippen molar-refractivity contribution in [2.24, 2.45) is 0 Å².